The molecule has 2 rings (SSSR count). The van der Waals surface area contributed by atoms with Gasteiger partial charge in [-0.3, -0.25) is 16.0 Å². The molecule has 0 saturated carbocycles. The van der Waals surface area contributed by atoms with Gasteiger partial charge in [0.25, 0.3) is 0 Å². The Labute approximate surface area is 116 Å². The molecule has 0 saturated heterocycles. The number of rotatable bonds is 4. The number of benzene rings is 2. The Balaban J connectivity index is 2.45. The van der Waals surface area contributed by atoms with Gasteiger partial charge in [-0.05, 0) is 49.2 Å². The molecule has 2 aromatic rings. The molecule has 104 valence electrons. The zero-order valence-electron chi connectivity index (χ0n) is 11.2. The summed E-state index contributed by atoms with van der Waals surface area (Å²) in [6.07, 6.45) is 0. The van der Waals surface area contributed by atoms with Crippen molar-refractivity contribution in [3.63, 3.8) is 0 Å². The molecule has 0 aliphatic heterocycles. The molecule has 0 fully saturated rings. The van der Waals surface area contributed by atoms with Gasteiger partial charge in [0, 0.05) is 0 Å². The first-order valence-corrected chi connectivity index (χ1v) is 6.01. The highest BCUT2D eigenvalue weighted by Crippen LogP contribution is 2.37. The molecule has 0 radical (unpaired) electrons. The fourth-order valence-electron chi connectivity index (χ4n) is 2.03. The summed E-state index contributed by atoms with van der Waals surface area (Å²) in [5.41, 5.74) is 4.37. The third-order valence-corrected chi connectivity index (χ3v) is 2.76. The predicted octanol–water partition coefficient (Wildman–Crippen LogP) is 3.29. The summed E-state index contributed by atoms with van der Waals surface area (Å²) in [5, 5.41) is 11.2. The van der Waals surface area contributed by atoms with Crippen molar-refractivity contribution in [2.45, 2.75) is 13.8 Å². The van der Waals surface area contributed by atoms with E-state index in [0.717, 1.165) is 11.1 Å². The molecule has 0 unspecified atom stereocenters. The minimum absolute atomic E-state index is 0.149. The number of hydrogen-bond acceptors (Lipinski definition) is 5. The Morgan fingerprint density at radius 1 is 1.20 bits per heavy atom. The van der Waals surface area contributed by atoms with E-state index >= 15 is 0 Å². The highest BCUT2D eigenvalue weighted by molar-refractivity contribution is 5.68. The molecular formula is C14H15N3O3. The SMILES string of the molecule is Cc1cc(C)cc(Oc2cccc(NN)c2[N+](=O)[O-])c1. The monoisotopic (exact) mass is 273 g/mol. The van der Waals surface area contributed by atoms with Crippen LogP contribution in [-0.2, 0) is 0 Å². The Bertz CT molecular complexity index is 636. The Hall–Kier alpha value is -2.60. The van der Waals surface area contributed by atoms with E-state index in [9.17, 15) is 10.1 Å². The van der Waals surface area contributed by atoms with Gasteiger partial charge >= 0.3 is 5.69 Å². The molecule has 3 N–H and O–H groups in total. The number of para-hydroxylation sites is 1. The van der Waals surface area contributed by atoms with E-state index in [-0.39, 0.29) is 17.1 Å². The number of aryl methyl sites for hydroxylation is 2. The summed E-state index contributed by atoms with van der Waals surface area (Å²) in [6, 6.07) is 10.3. The maximum atomic E-state index is 11.2. The number of nitrogens with zero attached hydrogens (tertiary/aromatic N) is 1. The quantitative estimate of drug-likeness (QED) is 0.506. The smallest absolute Gasteiger partial charge is 0.335 e. The van der Waals surface area contributed by atoms with Gasteiger partial charge in [0.05, 0.1) is 4.92 Å². The summed E-state index contributed by atoms with van der Waals surface area (Å²) in [5.74, 6) is 5.99. The summed E-state index contributed by atoms with van der Waals surface area (Å²) >= 11 is 0. The molecule has 0 bridgehead atoms. The van der Waals surface area contributed by atoms with Crippen molar-refractivity contribution in [2.75, 3.05) is 5.43 Å². The zero-order valence-corrected chi connectivity index (χ0v) is 11.2. The normalized spacial score (nSPS) is 10.2. The van der Waals surface area contributed by atoms with Gasteiger partial charge in [0.15, 0.2) is 0 Å². The Kier molecular flexibility index (Phi) is 3.86. The van der Waals surface area contributed by atoms with Gasteiger partial charge < -0.3 is 10.2 Å². The van der Waals surface area contributed by atoms with E-state index in [1.807, 2.05) is 32.0 Å². The van der Waals surface area contributed by atoms with Gasteiger partial charge in [-0.15, -0.1) is 0 Å². The van der Waals surface area contributed by atoms with E-state index in [0.29, 0.717) is 5.75 Å². The second-order valence-electron chi connectivity index (χ2n) is 4.48. The third-order valence-electron chi connectivity index (χ3n) is 2.76. The molecule has 6 heteroatoms. The lowest BCUT2D eigenvalue weighted by Gasteiger charge is -2.10. The lowest BCUT2D eigenvalue weighted by atomic mass is 10.1. The van der Waals surface area contributed by atoms with Crippen LogP contribution in [0, 0.1) is 24.0 Å². The van der Waals surface area contributed by atoms with Crippen LogP contribution in [0.15, 0.2) is 36.4 Å². The number of nitrogens with two attached hydrogens (primary N) is 1. The van der Waals surface area contributed by atoms with Crippen molar-refractivity contribution in [1.82, 2.24) is 0 Å². The highest BCUT2D eigenvalue weighted by atomic mass is 16.6. The van der Waals surface area contributed by atoms with Crippen LogP contribution in [0.25, 0.3) is 0 Å². The summed E-state index contributed by atoms with van der Waals surface area (Å²) in [6.45, 7) is 3.87. The third kappa shape index (κ3) is 2.86. The van der Waals surface area contributed by atoms with Crippen LogP contribution in [0.5, 0.6) is 11.5 Å². The zero-order chi connectivity index (χ0) is 14.7. The molecule has 0 heterocycles. The van der Waals surface area contributed by atoms with E-state index in [1.165, 1.54) is 12.1 Å². The van der Waals surface area contributed by atoms with Crippen LogP contribution in [0.1, 0.15) is 11.1 Å². The van der Waals surface area contributed by atoms with Crippen LogP contribution in [0.2, 0.25) is 0 Å². The van der Waals surface area contributed by atoms with Gasteiger partial charge in [-0.2, -0.15) is 0 Å². The number of nitro benzene ring substituents is 1. The highest BCUT2D eigenvalue weighted by Gasteiger charge is 2.21. The van der Waals surface area contributed by atoms with Crippen LogP contribution in [0.4, 0.5) is 11.4 Å². The van der Waals surface area contributed by atoms with Gasteiger partial charge in [0.2, 0.25) is 5.75 Å². The number of anilines is 1. The summed E-state index contributed by atoms with van der Waals surface area (Å²) in [7, 11) is 0. The van der Waals surface area contributed by atoms with E-state index in [4.69, 9.17) is 10.6 Å². The lowest BCUT2D eigenvalue weighted by molar-refractivity contribution is -0.384. The number of hydrogen-bond donors (Lipinski definition) is 2. The number of ether oxygens (including phenoxy) is 1. The minimum atomic E-state index is -0.521. The van der Waals surface area contributed by atoms with E-state index < -0.39 is 4.92 Å². The van der Waals surface area contributed by atoms with E-state index in [2.05, 4.69) is 5.43 Å². The molecule has 0 amide bonds. The number of nitrogen functional groups attached to an aromatic ring is 1. The maximum absolute atomic E-state index is 11.2. The number of nitro groups is 1. The van der Waals surface area contributed by atoms with Crippen LogP contribution in [0.3, 0.4) is 0 Å². The molecule has 20 heavy (non-hydrogen) atoms. The van der Waals surface area contributed by atoms with Crippen molar-refractivity contribution in [3.05, 3.63) is 57.6 Å². The second kappa shape index (κ2) is 5.58. The first kappa shape index (κ1) is 13.8. The minimum Gasteiger partial charge on any atom is -0.450 e. The molecule has 0 aromatic heterocycles. The van der Waals surface area contributed by atoms with Crippen molar-refractivity contribution >= 4 is 11.4 Å². The number of nitrogens with one attached hydrogen (secondary N) is 1. The van der Waals surface area contributed by atoms with Crippen molar-refractivity contribution in [2.24, 2.45) is 5.84 Å². The van der Waals surface area contributed by atoms with Crippen LogP contribution >= 0.6 is 0 Å². The van der Waals surface area contributed by atoms with E-state index in [1.54, 1.807) is 6.07 Å². The Morgan fingerprint density at radius 2 is 1.85 bits per heavy atom. The molecule has 0 aliphatic carbocycles. The van der Waals surface area contributed by atoms with Gasteiger partial charge in [-0.25, -0.2) is 0 Å². The second-order valence-corrected chi connectivity index (χ2v) is 4.48. The summed E-state index contributed by atoms with van der Waals surface area (Å²) < 4.78 is 5.64. The van der Waals surface area contributed by atoms with Crippen LogP contribution < -0.4 is 16.0 Å². The van der Waals surface area contributed by atoms with Crippen molar-refractivity contribution in [1.29, 1.82) is 0 Å². The molecule has 2 aromatic carbocycles. The molecule has 0 atom stereocenters. The molecular weight excluding hydrogens is 258 g/mol. The average Bonchev–Trinajstić information content (AvgIpc) is 2.36. The standard InChI is InChI=1S/C14H15N3O3/c1-9-6-10(2)8-11(7-9)20-13-5-3-4-12(16-15)14(13)17(18)19/h3-8,16H,15H2,1-2H3. The van der Waals surface area contributed by atoms with Crippen molar-refractivity contribution in [3.8, 4) is 11.5 Å². The molecule has 0 spiro atoms. The number of hydrazine groups is 1. The summed E-state index contributed by atoms with van der Waals surface area (Å²) in [4.78, 5) is 10.6. The van der Waals surface area contributed by atoms with Crippen molar-refractivity contribution < 1.29 is 9.66 Å². The lowest BCUT2D eigenvalue weighted by Crippen LogP contribution is -2.09. The molecule has 0 aliphatic rings. The van der Waals surface area contributed by atoms with Gasteiger partial charge in [0.1, 0.15) is 11.4 Å². The average molecular weight is 273 g/mol. The van der Waals surface area contributed by atoms with Gasteiger partial charge in [-0.1, -0.05) is 12.1 Å². The largest absolute Gasteiger partial charge is 0.450 e. The molecule has 6 nitrogen and oxygen atoms in total. The Morgan fingerprint density at radius 3 is 2.40 bits per heavy atom. The van der Waals surface area contributed by atoms with Crippen LogP contribution in [-0.4, -0.2) is 4.92 Å². The maximum Gasteiger partial charge on any atom is 0.335 e. The topological polar surface area (TPSA) is 90.4 Å². The predicted molar refractivity (Wildman–Crippen MR) is 76.9 cm³/mol. The fraction of sp³-hybridized carbons (Fsp3) is 0.143. The first-order valence-electron chi connectivity index (χ1n) is 6.01. The first-order chi connectivity index (χ1) is 9.51. The fourth-order valence-corrected chi connectivity index (χ4v) is 2.03.